The summed E-state index contributed by atoms with van der Waals surface area (Å²) < 4.78 is 10.7. The van der Waals surface area contributed by atoms with Crippen LogP contribution in [0.3, 0.4) is 0 Å². The highest BCUT2D eigenvalue weighted by atomic mass is 33.1. The molecule has 0 amide bonds. The molecule has 4 heteroatoms. The number of methoxy groups -OCH3 is 2. The number of rotatable bonds is 7. The summed E-state index contributed by atoms with van der Waals surface area (Å²) in [6, 6.07) is 17.6. The molecule has 30 heavy (non-hydrogen) atoms. The molecule has 0 bridgehead atoms. The number of hydrogen-bond donors (Lipinski definition) is 0. The summed E-state index contributed by atoms with van der Waals surface area (Å²) in [5.74, 6) is 3.26. The zero-order chi connectivity index (χ0) is 20.8. The van der Waals surface area contributed by atoms with E-state index in [-0.39, 0.29) is 0 Å². The molecular formula is C26H34O2S2. The highest BCUT2D eigenvalue weighted by molar-refractivity contribution is 8.77. The number of benzene rings is 2. The molecule has 2 saturated carbocycles. The van der Waals surface area contributed by atoms with Crippen molar-refractivity contribution >= 4 is 21.6 Å². The van der Waals surface area contributed by atoms with Crippen molar-refractivity contribution < 1.29 is 9.47 Å². The van der Waals surface area contributed by atoms with Crippen LogP contribution in [0.25, 0.3) is 0 Å². The van der Waals surface area contributed by atoms with Crippen molar-refractivity contribution in [1.82, 2.24) is 0 Å². The third-order valence-electron chi connectivity index (χ3n) is 6.80. The SMILES string of the molecule is COc1ccc(C2CCCCC2SSC2CCCCC2c2ccc(OC)cc2)cc1. The first-order valence-electron chi connectivity index (χ1n) is 11.4. The Morgan fingerprint density at radius 2 is 0.933 bits per heavy atom. The molecule has 2 fully saturated rings. The summed E-state index contributed by atoms with van der Waals surface area (Å²) in [6.07, 6.45) is 10.8. The lowest BCUT2D eigenvalue weighted by Crippen LogP contribution is -2.22. The van der Waals surface area contributed by atoms with Crippen LogP contribution >= 0.6 is 21.6 Å². The Morgan fingerprint density at radius 1 is 0.567 bits per heavy atom. The van der Waals surface area contributed by atoms with Gasteiger partial charge < -0.3 is 9.47 Å². The van der Waals surface area contributed by atoms with Crippen LogP contribution in [0.1, 0.15) is 74.3 Å². The third-order valence-corrected chi connectivity index (χ3v) is 10.3. The first-order valence-corrected chi connectivity index (χ1v) is 13.7. The zero-order valence-electron chi connectivity index (χ0n) is 18.2. The van der Waals surface area contributed by atoms with Gasteiger partial charge in [0.1, 0.15) is 11.5 Å². The smallest absolute Gasteiger partial charge is 0.118 e. The fourth-order valence-corrected chi connectivity index (χ4v) is 8.94. The molecule has 0 spiro atoms. The summed E-state index contributed by atoms with van der Waals surface area (Å²) in [5.41, 5.74) is 2.98. The van der Waals surface area contributed by atoms with Crippen LogP contribution < -0.4 is 9.47 Å². The van der Waals surface area contributed by atoms with E-state index in [0.717, 1.165) is 22.0 Å². The molecule has 2 aromatic carbocycles. The minimum absolute atomic E-state index is 0.671. The van der Waals surface area contributed by atoms with E-state index in [1.807, 2.05) is 0 Å². The van der Waals surface area contributed by atoms with Gasteiger partial charge in [-0.15, -0.1) is 0 Å². The normalized spacial score (nSPS) is 26.9. The molecule has 2 aromatic rings. The second-order valence-electron chi connectivity index (χ2n) is 8.60. The first-order chi connectivity index (χ1) is 14.8. The van der Waals surface area contributed by atoms with E-state index in [2.05, 4.69) is 70.1 Å². The molecule has 4 rings (SSSR count). The van der Waals surface area contributed by atoms with Crippen molar-refractivity contribution in [2.75, 3.05) is 14.2 Å². The van der Waals surface area contributed by atoms with Crippen molar-refractivity contribution in [3.8, 4) is 11.5 Å². The standard InChI is InChI=1S/C26H34O2S2/c1-27-21-15-11-19(12-16-21)23-7-3-5-9-25(23)29-30-26-10-6-4-8-24(26)20-13-17-22(28-2)18-14-20/h11-18,23-26H,3-10H2,1-2H3. The maximum Gasteiger partial charge on any atom is 0.118 e. The van der Waals surface area contributed by atoms with Crippen LogP contribution in [0, 0.1) is 0 Å². The average Bonchev–Trinajstić information content (AvgIpc) is 2.83. The van der Waals surface area contributed by atoms with Gasteiger partial charge in [-0.3, -0.25) is 0 Å². The Balaban J connectivity index is 1.42. The molecule has 0 N–H and O–H groups in total. The molecule has 0 saturated heterocycles. The van der Waals surface area contributed by atoms with Gasteiger partial charge in [0.25, 0.3) is 0 Å². The van der Waals surface area contributed by atoms with Crippen molar-refractivity contribution in [2.45, 2.75) is 73.7 Å². The van der Waals surface area contributed by atoms with Gasteiger partial charge in [-0.25, -0.2) is 0 Å². The minimum atomic E-state index is 0.671. The summed E-state index contributed by atoms with van der Waals surface area (Å²) in [7, 11) is 7.86. The molecular weight excluding hydrogens is 408 g/mol. The minimum Gasteiger partial charge on any atom is -0.497 e. The van der Waals surface area contributed by atoms with Crippen molar-refractivity contribution in [2.24, 2.45) is 0 Å². The van der Waals surface area contributed by atoms with Crippen LogP contribution in [-0.2, 0) is 0 Å². The van der Waals surface area contributed by atoms with Gasteiger partial charge >= 0.3 is 0 Å². The summed E-state index contributed by atoms with van der Waals surface area (Å²) >= 11 is 0. The lowest BCUT2D eigenvalue weighted by molar-refractivity contribution is 0.413. The van der Waals surface area contributed by atoms with Gasteiger partial charge in [0.15, 0.2) is 0 Å². The van der Waals surface area contributed by atoms with Gasteiger partial charge in [-0.1, -0.05) is 71.5 Å². The third kappa shape index (κ3) is 5.31. The quantitative estimate of drug-likeness (QED) is 0.406. The topological polar surface area (TPSA) is 18.5 Å². The summed E-state index contributed by atoms with van der Waals surface area (Å²) in [6.45, 7) is 0. The van der Waals surface area contributed by atoms with Gasteiger partial charge in [-0.2, -0.15) is 0 Å². The van der Waals surface area contributed by atoms with E-state index >= 15 is 0 Å². The first kappa shape index (κ1) is 22.0. The van der Waals surface area contributed by atoms with Gasteiger partial charge in [-0.05, 0) is 72.9 Å². The van der Waals surface area contributed by atoms with Crippen LogP contribution in [0.4, 0.5) is 0 Å². The van der Waals surface area contributed by atoms with Crippen molar-refractivity contribution in [1.29, 1.82) is 0 Å². The second-order valence-corrected chi connectivity index (χ2v) is 11.3. The maximum atomic E-state index is 5.36. The van der Waals surface area contributed by atoms with E-state index in [9.17, 15) is 0 Å². The molecule has 162 valence electrons. The average molecular weight is 443 g/mol. The van der Waals surface area contributed by atoms with Gasteiger partial charge in [0.05, 0.1) is 14.2 Å². The highest BCUT2D eigenvalue weighted by Crippen LogP contribution is 2.50. The number of hydrogen-bond acceptors (Lipinski definition) is 4. The Hall–Kier alpha value is -1.26. The summed E-state index contributed by atoms with van der Waals surface area (Å²) in [5, 5.41) is 1.44. The van der Waals surface area contributed by atoms with E-state index in [4.69, 9.17) is 9.47 Å². The molecule has 0 radical (unpaired) electrons. The van der Waals surface area contributed by atoms with Gasteiger partial charge in [0.2, 0.25) is 0 Å². The van der Waals surface area contributed by atoms with Crippen LogP contribution in [0.2, 0.25) is 0 Å². The van der Waals surface area contributed by atoms with Crippen molar-refractivity contribution in [3.63, 3.8) is 0 Å². The molecule has 2 aliphatic rings. The molecule has 2 nitrogen and oxygen atoms in total. The van der Waals surface area contributed by atoms with Crippen LogP contribution in [-0.4, -0.2) is 24.7 Å². The molecule has 4 unspecified atom stereocenters. The van der Waals surface area contributed by atoms with Crippen LogP contribution in [0.15, 0.2) is 48.5 Å². The highest BCUT2D eigenvalue weighted by Gasteiger charge is 2.32. The Labute approximate surface area is 189 Å². The van der Waals surface area contributed by atoms with E-state index in [0.29, 0.717) is 11.8 Å². The van der Waals surface area contributed by atoms with Crippen LogP contribution in [0.5, 0.6) is 11.5 Å². The van der Waals surface area contributed by atoms with E-state index < -0.39 is 0 Å². The lowest BCUT2D eigenvalue weighted by atomic mass is 9.83. The van der Waals surface area contributed by atoms with E-state index in [1.165, 1.54) is 62.5 Å². The van der Waals surface area contributed by atoms with E-state index in [1.54, 1.807) is 14.2 Å². The van der Waals surface area contributed by atoms with Crippen molar-refractivity contribution in [3.05, 3.63) is 59.7 Å². The van der Waals surface area contributed by atoms with Gasteiger partial charge in [0, 0.05) is 10.5 Å². The summed E-state index contributed by atoms with van der Waals surface area (Å²) in [4.78, 5) is 0. The fraction of sp³-hybridized carbons (Fsp3) is 0.538. The number of ether oxygens (including phenoxy) is 2. The predicted octanol–water partition coefficient (Wildman–Crippen LogP) is 7.84. The molecule has 0 heterocycles. The fourth-order valence-electron chi connectivity index (χ4n) is 5.03. The molecule has 0 aromatic heterocycles. The Kier molecular flexibility index (Phi) is 7.95. The largest absolute Gasteiger partial charge is 0.497 e. The second kappa shape index (κ2) is 10.9. The maximum absolute atomic E-state index is 5.36. The predicted molar refractivity (Wildman–Crippen MR) is 131 cm³/mol. The molecule has 0 aliphatic heterocycles. The Bertz CT molecular complexity index is 707. The molecule has 2 aliphatic carbocycles. The lowest BCUT2D eigenvalue weighted by Gasteiger charge is -2.35. The monoisotopic (exact) mass is 442 g/mol. The Morgan fingerprint density at radius 3 is 1.30 bits per heavy atom. The molecule has 4 atom stereocenters. The zero-order valence-corrected chi connectivity index (χ0v) is 19.9.